The Bertz CT molecular complexity index is 729. The molecule has 0 aliphatic carbocycles. The summed E-state index contributed by atoms with van der Waals surface area (Å²) in [7, 11) is 0. The first kappa shape index (κ1) is 19.6. The molecule has 25 heavy (non-hydrogen) atoms. The van der Waals surface area contributed by atoms with Crippen LogP contribution in [0.15, 0.2) is 40.9 Å². The number of rotatable bonds is 7. The number of aromatic nitrogens is 1. The van der Waals surface area contributed by atoms with Gasteiger partial charge in [0.25, 0.3) is 5.91 Å². The summed E-state index contributed by atoms with van der Waals surface area (Å²) in [6, 6.07) is 11.7. The van der Waals surface area contributed by atoms with Gasteiger partial charge >= 0.3 is 0 Å². The summed E-state index contributed by atoms with van der Waals surface area (Å²) in [6.45, 7) is 11.5. The van der Waals surface area contributed by atoms with Crippen molar-refractivity contribution in [3.63, 3.8) is 0 Å². The number of hydrogen-bond donors (Lipinski definition) is 0. The topological polar surface area (TPSA) is 36.4 Å². The van der Waals surface area contributed by atoms with E-state index in [4.69, 9.17) is 0 Å². The van der Waals surface area contributed by atoms with Crippen molar-refractivity contribution in [2.75, 3.05) is 31.1 Å². The lowest BCUT2D eigenvalue weighted by atomic mass is 10.1. The molecule has 0 radical (unpaired) electrons. The molecule has 4 nitrogen and oxygen atoms in total. The van der Waals surface area contributed by atoms with E-state index in [1.807, 2.05) is 55.1 Å². The second-order valence-electron chi connectivity index (χ2n) is 6.05. The molecule has 0 atom stereocenters. The molecule has 0 spiro atoms. The summed E-state index contributed by atoms with van der Waals surface area (Å²) in [6.07, 6.45) is 0. The Morgan fingerprint density at radius 3 is 2.40 bits per heavy atom. The van der Waals surface area contributed by atoms with Gasteiger partial charge in [-0.25, -0.2) is 0 Å². The maximum absolute atomic E-state index is 13.2. The second kappa shape index (κ2) is 9.11. The molecule has 0 N–H and O–H groups in total. The van der Waals surface area contributed by atoms with Crippen molar-refractivity contribution in [1.29, 1.82) is 0 Å². The molecule has 2 aromatic rings. The lowest BCUT2D eigenvalue weighted by Crippen LogP contribution is -2.39. The molecule has 1 heterocycles. The highest BCUT2D eigenvalue weighted by Crippen LogP contribution is 2.22. The van der Waals surface area contributed by atoms with E-state index in [0.29, 0.717) is 12.1 Å². The molecule has 1 aromatic heterocycles. The van der Waals surface area contributed by atoms with Gasteiger partial charge in [0.05, 0.1) is 11.3 Å². The molecular formula is C20H26BrN3O. The lowest BCUT2D eigenvalue weighted by molar-refractivity contribution is 0.0983. The summed E-state index contributed by atoms with van der Waals surface area (Å²) >= 11 is 3.51. The molecule has 0 saturated heterocycles. The highest BCUT2D eigenvalue weighted by Gasteiger charge is 2.20. The number of carbonyl (C=O) groups excluding carboxylic acids is 1. The third-order valence-corrected chi connectivity index (χ3v) is 4.85. The number of aryl methyl sites for hydroxylation is 2. The van der Waals surface area contributed by atoms with E-state index in [0.717, 1.165) is 41.2 Å². The van der Waals surface area contributed by atoms with Gasteiger partial charge in [0.15, 0.2) is 0 Å². The lowest BCUT2D eigenvalue weighted by Gasteiger charge is -2.27. The first-order chi connectivity index (χ1) is 12.0. The van der Waals surface area contributed by atoms with Crippen molar-refractivity contribution in [2.24, 2.45) is 0 Å². The minimum atomic E-state index is -0.00439. The average Bonchev–Trinajstić information content (AvgIpc) is 2.58. The van der Waals surface area contributed by atoms with Crippen LogP contribution in [-0.4, -0.2) is 42.0 Å². The van der Waals surface area contributed by atoms with Crippen molar-refractivity contribution >= 4 is 27.5 Å². The van der Waals surface area contributed by atoms with Gasteiger partial charge in [-0.05, 0) is 57.3 Å². The van der Waals surface area contributed by atoms with Crippen molar-refractivity contribution in [3.05, 3.63) is 57.8 Å². The maximum Gasteiger partial charge on any atom is 0.260 e. The summed E-state index contributed by atoms with van der Waals surface area (Å²) in [5.41, 5.74) is 3.25. The van der Waals surface area contributed by atoms with Gasteiger partial charge in [0.1, 0.15) is 0 Å². The van der Waals surface area contributed by atoms with Crippen LogP contribution in [0.4, 0.5) is 5.69 Å². The molecule has 1 amide bonds. The Hall–Kier alpha value is -1.72. The van der Waals surface area contributed by atoms with Gasteiger partial charge in [0.2, 0.25) is 0 Å². The van der Waals surface area contributed by atoms with E-state index in [-0.39, 0.29) is 5.91 Å². The number of benzene rings is 1. The van der Waals surface area contributed by atoms with Crippen molar-refractivity contribution in [1.82, 2.24) is 9.88 Å². The van der Waals surface area contributed by atoms with E-state index in [2.05, 4.69) is 39.7 Å². The van der Waals surface area contributed by atoms with Crippen molar-refractivity contribution in [2.45, 2.75) is 27.7 Å². The van der Waals surface area contributed by atoms with Crippen LogP contribution in [0.5, 0.6) is 0 Å². The van der Waals surface area contributed by atoms with Crippen LogP contribution < -0.4 is 4.90 Å². The highest BCUT2D eigenvalue weighted by atomic mass is 79.9. The molecule has 0 aliphatic heterocycles. The second-order valence-corrected chi connectivity index (χ2v) is 6.96. The monoisotopic (exact) mass is 403 g/mol. The quantitative estimate of drug-likeness (QED) is 0.684. The van der Waals surface area contributed by atoms with Gasteiger partial charge in [-0.1, -0.05) is 35.8 Å². The molecule has 5 heteroatoms. The van der Waals surface area contributed by atoms with E-state index in [1.54, 1.807) is 0 Å². The number of hydrogen-bond acceptors (Lipinski definition) is 3. The van der Waals surface area contributed by atoms with Gasteiger partial charge in [-0.15, -0.1) is 0 Å². The number of nitrogens with zero attached hydrogens (tertiary/aromatic N) is 3. The van der Waals surface area contributed by atoms with Crippen LogP contribution in [0.25, 0.3) is 0 Å². The number of anilines is 1. The van der Waals surface area contributed by atoms with Crippen LogP contribution in [0.2, 0.25) is 0 Å². The molecule has 134 valence electrons. The Kier molecular flexibility index (Phi) is 7.14. The zero-order valence-electron chi connectivity index (χ0n) is 15.4. The molecule has 0 saturated carbocycles. The molecule has 0 aliphatic rings. The predicted molar refractivity (Wildman–Crippen MR) is 107 cm³/mol. The SMILES string of the molecule is CCN(CC)CCN(C(=O)c1ccc(C)nc1C)c1cccc(Br)c1. The number of pyridine rings is 1. The number of likely N-dealkylation sites (N-methyl/N-ethyl adjacent to an activating group) is 1. The summed E-state index contributed by atoms with van der Waals surface area (Å²) in [5, 5.41) is 0. The van der Waals surface area contributed by atoms with Crippen LogP contribution >= 0.6 is 15.9 Å². The third kappa shape index (κ3) is 5.13. The standard InChI is InChI=1S/C20H26BrN3O/c1-5-23(6-2)12-13-24(18-9-7-8-17(21)14-18)20(25)19-11-10-15(3)22-16(19)4/h7-11,14H,5-6,12-13H2,1-4H3. The van der Waals surface area contributed by atoms with Crippen LogP contribution in [0.1, 0.15) is 35.6 Å². The average molecular weight is 404 g/mol. The van der Waals surface area contributed by atoms with Crippen molar-refractivity contribution < 1.29 is 4.79 Å². The normalized spacial score (nSPS) is 11.0. The van der Waals surface area contributed by atoms with E-state index >= 15 is 0 Å². The fourth-order valence-corrected chi connectivity index (χ4v) is 3.22. The minimum Gasteiger partial charge on any atom is -0.307 e. The Morgan fingerprint density at radius 2 is 1.80 bits per heavy atom. The van der Waals surface area contributed by atoms with E-state index in [1.165, 1.54) is 0 Å². The first-order valence-electron chi connectivity index (χ1n) is 8.70. The number of halogens is 1. The first-order valence-corrected chi connectivity index (χ1v) is 9.49. The van der Waals surface area contributed by atoms with E-state index < -0.39 is 0 Å². The molecular weight excluding hydrogens is 378 g/mol. The van der Waals surface area contributed by atoms with Crippen molar-refractivity contribution in [3.8, 4) is 0 Å². The molecule has 0 bridgehead atoms. The van der Waals surface area contributed by atoms with Gasteiger partial charge in [-0.2, -0.15) is 0 Å². The zero-order chi connectivity index (χ0) is 18.4. The minimum absolute atomic E-state index is 0.00439. The summed E-state index contributed by atoms with van der Waals surface area (Å²) < 4.78 is 0.962. The molecule has 0 fully saturated rings. The molecule has 1 aromatic carbocycles. The van der Waals surface area contributed by atoms with Crippen LogP contribution in [0, 0.1) is 13.8 Å². The van der Waals surface area contributed by atoms with E-state index in [9.17, 15) is 4.79 Å². The Balaban J connectivity index is 2.34. The number of amides is 1. The summed E-state index contributed by atoms with van der Waals surface area (Å²) in [4.78, 5) is 21.8. The van der Waals surface area contributed by atoms with Crippen LogP contribution in [-0.2, 0) is 0 Å². The van der Waals surface area contributed by atoms with Gasteiger partial charge in [0, 0.05) is 28.9 Å². The highest BCUT2D eigenvalue weighted by molar-refractivity contribution is 9.10. The fraction of sp³-hybridized carbons (Fsp3) is 0.400. The summed E-state index contributed by atoms with van der Waals surface area (Å²) in [5.74, 6) is -0.00439. The molecule has 2 rings (SSSR count). The largest absolute Gasteiger partial charge is 0.307 e. The van der Waals surface area contributed by atoms with Crippen LogP contribution in [0.3, 0.4) is 0 Å². The Labute approximate surface area is 159 Å². The third-order valence-electron chi connectivity index (χ3n) is 4.35. The fourth-order valence-electron chi connectivity index (χ4n) is 2.83. The zero-order valence-corrected chi connectivity index (χ0v) is 17.0. The van der Waals surface area contributed by atoms with Gasteiger partial charge < -0.3 is 9.80 Å². The maximum atomic E-state index is 13.2. The predicted octanol–water partition coefficient (Wildman–Crippen LogP) is 4.45. The molecule has 0 unspecified atom stereocenters. The number of carbonyl (C=O) groups is 1. The van der Waals surface area contributed by atoms with Gasteiger partial charge in [-0.3, -0.25) is 9.78 Å². The Morgan fingerprint density at radius 1 is 1.08 bits per heavy atom. The smallest absolute Gasteiger partial charge is 0.260 e.